The zero-order chi connectivity index (χ0) is 27.9. The van der Waals surface area contributed by atoms with E-state index in [0.29, 0.717) is 23.5 Å². The van der Waals surface area contributed by atoms with Gasteiger partial charge in [0.2, 0.25) is 5.91 Å². The van der Waals surface area contributed by atoms with E-state index in [1.165, 1.54) is 54.6 Å². The Hall–Kier alpha value is -3.63. The lowest BCUT2D eigenvalue weighted by Gasteiger charge is -2.14. The van der Waals surface area contributed by atoms with Crippen molar-refractivity contribution in [2.24, 2.45) is 0 Å². The summed E-state index contributed by atoms with van der Waals surface area (Å²) in [5.41, 5.74) is -1.27. The number of amides is 1. The van der Waals surface area contributed by atoms with E-state index >= 15 is 0 Å². The minimum atomic E-state index is -4.88. The molecule has 1 amide bonds. The van der Waals surface area contributed by atoms with Gasteiger partial charge < -0.3 is 10.1 Å². The average molecular weight is 568 g/mol. The number of benzene rings is 2. The third-order valence-electron chi connectivity index (χ3n) is 4.80. The maximum atomic E-state index is 13.8. The Kier molecular flexibility index (Phi) is 9.71. The molecule has 0 radical (unpaired) electrons. The molecule has 0 saturated heterocycles. The van der Waals surface area contributed by atoms with Gasteiger partial charge in [-0.05, 0) is 49.4 Å². The zero-order valence-corrected chi connectivity index (χ0v) is 21.1. The monoisotopic (exact) mass is 567 g/mol. The third kappa shape index (κ3) is 7.69. The van der Waals surface area contributed by atoms with Gasteiger partial charge in [-0.1, -0.05) is 35.7 Å². The van der Waals surface area contributed by atoms with Gasteiger partial charge in [-0.3, -0.25) is 4.79 Å². The Labute approximate surface area is 222 Å². The van der Waals surface area contributed by atoms with Crippen LogP contribution in [-0.4, -0.2) is 35.0 Å². The number of nitriles is 1. The molecule has 1 heterocycles. The lowest BCUT2D eigenvalue weighted by atomic mass is 10.1. The van der Waals surface area contributed by atoms with E-state index in [4.69, 9.17) is 4.74 Å². The van der Waals surface area contributed by atoms with Crippen LogP contribution in [0.25, 0.3) is 11.3 Å². The molecule has 0 aliphatic heterocycles. The number of halogens is 5. The van der Waals surface area contributed by atoms with E-state index < -0.39 is 34.9 Å². The van der Waals surface area contributed by atoms with Gasteiger partial charge in [0.1, 0.15) is 11.1 Å². The number of nitrogens with one attached hydrogen (secondary N) is 1. The van der Waals surface area contributed by atoms with Gasteiger partial charge in [-0.2, -0.15) is 27.2 Å². The Bertz CT molecular complexity index is 1340. The zero-order valence-electron chi connectivity index (χ0n) is 19.5. The van der Waals surface area contributed by atoms with Crippen LogP contribution in [0.3, 0.4) is 0 Å². The molecule has 3 rings (SSSR count). The van der Waals surface area contributed by atoms with Crippen LogP contribution in [-0.2, 0) is 15.7 Å². The minimum absolute atomic E-state index is 0.137. The maximum absolute atomic E-state index is 13.8. The number of ether oxygens (including phenoxy) is 1. The predicted molar refractivity (Wildman–Crippen MR) is 133 cm³/mol. The van der Waals surface area contributed by atoms with Gasteiger partial charge in [-0.15, -0.1) is 0 Å². The molecule has 1 N–H and O–H groups in total. The SMILES string of the molecule is CCOC(=O)c1ccc(NC(=O)CSc2nc(-c3ccc(SC(F)F)cc3)cc(C(F)(F)F)c2C#N)cc1. The molecule has 0 unspecified atom stereocenters. The van der Waals surface area contributed by atoms with Gasteiger partial charge in [0, 0.05) is 16.1 Å². The molecular weight excluding hydrogens is 549 g/mol. The lowest BCUT2D eigenvalue weighted by Crippen LogP contribution is -2.15. The number of rotatable bonds is 9. The first-order chi connectivity index (χ1) is 18.0. The molecule has 198 valence electrons. The highest BCUT2D eigenvalue weighted by Gasteiger charge is 2.36. The maximum Gasteiger partial charge on any atom is 0.417 e. The Morgan fingerprint density at radius 1 is 1.11 bits per heavy atom. The summed E-state index contributed by atoms with van der Waals surface area (Å²) in [7, 11) is 0. The Morgan fingerprint density at radius 3 is 2.32 bits per heavy atom. The number of pyridine rings is 1. The molecule has 0 atom stereocenters. The second kappa shape index (κ2) is 12.7. The molecule has 0 bridgehead atoms. The number of aromatic nitrogens is 1. The van der Waals surface area contributed by atoms with Crippen LogP contribution in [0.2, 0.25) is 0 Å². The summed E-state index contributed by atoms with van der Waals surface area (Å²) in [5, 5.41) is 11.7. The summed E-state index contributed by atoms with van der Waals surface area (Å²) in [6.45, 7) is 1.86. The van der Waals surface area contributed by atoms with Crippen LogP contribution in [0, 0.1) is 11.3 Å². The van der Waals surface area contributed by atoms with E-state index in [9.17, 15) is 36.8 Å². The van der Waals surface area contributed by atoms with Gasteiger partial charge in [0.05, 0.1) is 34.7 Å². The molecule has 38 heavy (non-hydrogen) atoms. The first kappa shape index (κ1) is 28.9. The number of esters is 1. The van der Waals surface area contributed by atoms with Crippen LogP contribution in [0.5, 0.6) is 0 Å². The summed E-state index contributed by atoms with van der Waals surface area (Å²) in [4.78, 5) is 28.6. The van der Waals surface area contributed by atoms with E-state index in [1.807, 2.05) is 0 Å². The largest absolute Gasteiger partial charge is 0.462 e. The molecule has 13 heteroatoms. The van der Waals surface area contributed by atoms with Crippen LogP contribution in [0.15, 0.2) is 64.5 Å². The fourth-order valence-electron chi connectivity index (χ4n) is 3.15. The van der Waals surface area contributed by atoms with Crippen LogP contribution >= 0.6 is 23.5 Å². The van der Waals surface area contributed by atoms with E-state index in [-0.39, 0.29) is 50.9 Å². The average Bonchev–Trinajstić information content (AvgIpc) is 2.87. The number of hydrogen-bond acceptors (Lipinski definition) is 7. The summed E-state index contributed by atoms with van der Waals surface area (Å²) in [6.07, 6.45) is -4.88. The summed E-state index contributed by atoms with van der Waals surface area (Å²) in [6, 6.07) is 13.4. The molecule has 2 aromatic carbocycles. The fraction of sp³-hybridized carbons (Fsp3) is 0.200. The molecule has 0 fully saturated rings. The predicted octanol–water partition coefficient (Wildman–Crippen LogP) is 6.86. The van der Waals surface area contributed by atoms with Crippen molar-refractivity contribution in [3.05, 3.63) is 71.3 Å². The van der Waals surface area contributed by atoms with Crippen molar-refractivity contribution in [3.63, 3.8) is 0 Å². The molecule has 1 aromatic heterocycles. The quantitative estimate of drug-likeness (QED) is 0.172. The summed E-state index contributed by atoms with van der Waals surface area (Å²) < 4.78 is 71.3. The van der Waals surface area contributed by atoms with Gasteiger partial charge in [0.25, 0.3) is 5.76 Å². The number of carbonyl (C=O) groups excluding carboxylic acids is 2. The highest BCUT2D eigenvalue weighted by atomic mass is 32.2. The van der Waals surface area contributed by atoms with Crippen molar-refractivity contribution >= 4 is 41.1 Å². The van der Waals surface area contributed by atoms with E-state index in [0.717, 1.165) is 0 Å². The standard InChI is InChI=1S/C25H18F5N3O3S2/c1-2-36-23(35)15-3-7-16(8-4-15)32-21(34)13-37-22-18(12-31)19(25(28,29)30)11-20(33-22)14-5-9-17(10-6-14)38-24(26)27/h3-11,24H,2,13H2,1H3,(H,32,34). The highest BCUT2D eigenvalue weighted by molar-refractivity contribution is 8.00. The van der Waals surface area contributed by atoms with Crippen molar-refractivity contribution in [3.8, 4) is 17.3 Å². The van der Waals surface area contributed by atoms with Crippen molar-refractivity contribution < 1.29 is 36.3 Å². The van der Waals surface area contributed by atoms with Crippen LogP contribution in [0.1, 0.15) is 28.4 Å². The van der Waals surface area contributed by atoms with E-state index in [2.05, 4.69) is 10.3 Å². The molecule has 0 aliphatic carbocycles. The number of alkyl halides is 5. The number of anilines is 1. The first-order valence-corrected chi connectivity index (χ1v) is 12.7. The number of thioether (sulfide) groups is 2. The van der Waals surface area contributed by atoms with Gasteiger partial charge in [-0.25, -0.2) is 9.78 Å². The number of carbonyl (C=O) groups is 2. The van der Waals surface area contributed by atoms with Crippen molar-refractivity contribution in [1.29, 1.82) is 5.26 Å². The topological polar surface area (TPSA) is 92.1 Å². The van der Waals surface area contributed by atoms with Gasteiger partial charge >= 0.3 is 12.1 Å². The number of hydrogen-bond donors (Lipinski definition) is 1. The second-order valence-electron chi connectivity index (χ2n) is 7.38. The number of nitrogens with zero attached hydrogens (tertiary/aromatic N) is 2. The van der Waals surface area contributed by atoms with Crippen molar-refractivity contribution in [2.45, 2.75) is 28.8 Å². The normalized spacial score (nSPS) is 11.2. The summed E-state index contributed by atoms with van der Waals surface area (Å²) >= 11 is 0.928. The fourth-order valence-corrected chi connectivity index (χ4v) is 4.45. The Balaban J connectivity index is 1.82. The summed E-state index contributed by atoms with van der Waals surface area (Å²) in [5.74, 6) is -4.14. The van der Waals surface area contributed by atoms with Gasteiger partial charge in [0.15, 0.2) is 0 Å². The first-order valence-electron chi connectivity index (χ1n) is 10.8. The van der Waals surface area contributed by atoms with E-state index in [1.54, 1.807) is 6.92 Å². The molecular formula is C25H18F5N3O3S2. The molecule has 0 aliphatic rings. The molecule has 6 nitrogen and oxygen atoms in total. The van der Waals surface area contributed by atoms with Crippen LogP contribution < -0.4 is 5.32 Å². The van der Waals surface area contributed by atoms with Crippen LogP contribution in [0.4, 0.5) is 27.6 Å². The molecule has 3 aromatic rings. The smallest absolute Gasteiger partial charge is 0.417 e. The third-order valence-corrected chi connectivity index (χ3v) is 6.50. The lowest BCUT2D eigenvalue weighted by molar-refractivity contribution is -0.138. The molecule has 0 saturated carbocycles. The van der Waals surface area contributed by atoms with Crippen molar-refractivity contribution in [1.82, 2.24) is 4.98 Å². The second-order valence-corrected chi connectivity index (χ2v) is 9.41. The Morgan fingerprint density at radius 2 is 1.76 bits per heavy atom. The molecule has 0 spiro atoms. The highest BCUT2D eigenvalue weighted by Crippen LogP contribution is 2.38. The van der Waals surface area contributed by atoms with Crippen molar-refractivity contribution in [2.75, 3.05) is 17.7 Å². The minimum Gasteiger partial charge on any atom is -0.462 e.